The Balaban J connectivity index is 2.99. The van der Waals surface area contributed by atoms with Crippen molar-refractivity contribution in [3.05, 3.63) is 13.8 Å². The van der Waals surface area contributed by atoms with Crippen molar-refractivity contribution in [2.75, 3.05) is 0 Å². The average Bonchev–Trinajstić information content (AvgIpc) is 1.36. The summed E-state index contributed by atoms with van der Waals surface area (Å²) in [4.78, 5) is 0. The normalized spacial score (nSPS) is 20.0. The molecule has 2 radical (unpaired) electrons. The first-order valence-electron chi connectivity index (χ1n) is 1.59. The van der Waals surface area contributed by atoms with Crippen molar-refractivity contribution in [1.82, 2.24) is 0 Å². The summed E-state index contributed by atoms with van der Waals surface area (Å²) >= 11 is 10.6. The van der Waals surface area contributed by atoms with Crippen LogP contribution in [-0.4, -0.2) is 10.8 Å². The lowest BCUT2D eigenvalue weighted by molar-refractivity contribution is 1.06. The Morgan fingerprint density at radius 2 is 1.17 bits per heavy atom. The van der Waals surface area contributed by atoms with Crippen molar-refractivity contribution < 1.29 is 0 Å². The molecule has 0 rings (SSSR count). The van der Waals surface area contributed by atoms with Crippen LogP contribution in [0.15, 0.2) is 0 Å². The van der Waals surface area contributed by atoms with Gasteiger partial charge in [0.25, 0.3) is 0 Å². The van der Waals surface area contributed by atoms with Gasteiger partial charge in [-0.25, -0.2) is 0 Å². The lowest BCUT2D eigenvalue weighted by Gasteiger charge is -1.99. The molecule has 0 fully saturated rings. The summed E-state index contributed by atoms with van der Waals surface area (Å²) in [5, 5.41) is -0.543. The molecule has 0 aliphatic carbocycles. The number of hydrogen-bond donors (Lipinski definition) is 0. The second kappa shape index (κ2) is 2.70. The van der Waals surface area contributed by atoms with Crippen LogP contribution in [0.2, 0.25) is 0 Å². The highest BCUT2D eigenvalue weighted by Gasteiger charge is 2.01. The highest BCUT2D eigenvalue weighted by Crippen LogP contribution is 2.05. The number of alkyl halides is 2. The molecule has 0 spiro atoms. The minimum absolute atomic E-state index is 0.272. The quantitative estimate of drug-likeness (QED) is 0.469. The average molecular weight is 125 g/mol. The van der Waals surface area contributed by atoms with E-state index in [0.29, 0.717) is 0 Å². The van der Waals surface area contributed by atoms with Crippen LogP contribution in [0.3, 0.4) is 0 Å². The molecule has 0 N–H and O–H groups in total. The summed E-state index contributed by atoms with van der Waals surface area (Å²) in [6.07, 6.45) is 0. The fourth-order valence-corrected chi connectivity index (χ4v) is 0. The molecule has 0 aliphatic rings. The molecule has 0 heterocycles. The van der Waals surface area contributed by atoms with Gasteiger partial charge in [0.15, 0.2) is 0 Å². The van der Waals surface area contributed by atoms with E-state index < -0.39 is 0 Å². The molecule has 2 unspecified atom stereocenters. The van der Waals surface area contributed by atoms with Gasteiger partial charge in [-0.1, -0.05) is 0 Å². The fourth-order valence-electron chi connectivity index (χ4n) is 0. The summed E-state index contributed by atoms with van der Waals surface area (Å²) < 4.78 is 0. The van der Waals surface area contributed by atoms with Crippen LogP contribution in [0.4, 0.5) is 0 Å². The van der Waals surface area contributed by atoms with Gasteiger partial charge in [0, 0.05) is 10.8 Å². The maximum absolute atomic E-state index is 5.31. The minimum atomic E-state index is -0.272. The first kappa shape index (κ1) is 6.58. The second-order valence-corrected chi connectivity index (χ2v) is 2.15. The van der Waals surface area contributed by atoms with Crippen molar-refractivity contribution in [1.29, 1.82) is 0 Å². The van der Waals surface area contributed by atoms with Crippen LogP contribution in [0.5, 0.6) is 0 Å². The van der Waals surface area contributed by atoms with Crippen LogP contribution in [0.25, 0.3) is 0 Å². The van der Waals surface area contributed by atoms with Gasteiger partial charge in [0.1, 0.15) is 0 Å². The van der Waals surface area contributed by atoms with Gasteiger partial charge in [0.05, 0.1) is 0 Å². The SMILES string of the molecule is [CH2]C(Cl)C([CH2])Cl. The Morgan fingerprint density at radius 3 is 1.17 bits per heavy atom. The Bertz CT molecular complexity index is 26.5. The molecule has 0 aliphatic heterocycles. The third kappa shape index (κ3) is 2.80. The highest BCUT2D eigenvalue weighted by molar-refractivity contribution is 6.30. The van der Waals surface area contributed by atoms with E-state index in [1.807, 2.05) is 0 Å². The molecule has 2 heteroatoms. The topological polar surface area (TPSA) is 0 Å². The molecule has 6 heavy (non-hydrogen) atoms. The van der Waals surface area contributed by atoms with Gasteiger partial charge in [-0.3, -0.25) is 0 Å². The van der Waals surface area contributed by atoms with Gasteiger partial charge in [0.2, 0.25) is 0 Å². The Hall–Kier alpha value is 0.580. The summed E-state index contributed by atoms with van der Waals surface area (Å²) in [6.45, 7) is 6.82. The third-order valence-electron chi connectivity index (χ3n) is 0.392. The molecule has 0 aromatic heterocycles. The van der Waals surface area contributed by atoms with Crippen LogP contribution in [-0.2, 0) is 0 Å². The molecule has 2 atom stereocenters. The Kier molecular flexibility index (Phi) is 2.96. The first-order valence-corrected chi connectivity index (χ1v) is 2.46. The molecular weight excluding hydrogens is 119 g/mol. The lowest BCUT2D eigenvalue weighted by Crippen LogP contribution is -2.04. The maximum atomic E-state index is 5.31. The van der Waals surface area contributed by atoms with E-state index in [4.69, 9.17) is 23.2 Å². The molecule has 0 aromatic carbocycles. The van der Waals surface area contributed by atoms with Crippen LogP contribution >= 0.6 is 23.2 Å². The summed E-state index contributed by atoms with van der Waals surface area (Å²) in [7, 11) is 0. The summed E-state index contributed by atoms with van der Waals surface area (Å²) in [5.74, 6) is 0. The fraction of sp³-hybridized carbons (Fsp3) is 0.500. The maximum Gasteiger partial charge on any atom is 0.0500 e. The summed E-state index contributed by atoms with van der Waals surface area (Å²) in [5.41, 5.74) is 0. The highest BCUT2D eigenvalue weighted by atomic mass is 35.5. The van der Waals surface area contributed by atoms with Crippen LogP contribution in [0.1, 0.15) is 0 Å². The largest absolute Gasteiger partial charge is 0.121 e. The zero-order valence-corrected chi connectivity index (χ0v) is 4.84. The van der Waals surface area contributed by atoms with Crippen molar-refractivity contribution >= 4 is 23.2 Å². The van der Waals surface area contributed by atoms with E-state index in [9.17, 15) is 0 Å². The van der Waals surface area contributed by atoms with E-state index in [0.717, 1.165) is 0 Å². The van der Waals surface area contributed by atoms with E-state index in [2.05, 4.69) is 13.8 Å². The van der Waals surface area contributed by atoms with Gasteiger partial charge < -0.3 is 0 Å². The van der Waals surface area contributed by atoms with Gasteiger partial charge in [-0.2, -0.15) is 0 Å². The smallest absolute Gasteiger partial charge is 0.0500 e. The van der Waals surface area contributed by atoms with Crippen LogP contribution in [0, 0.1) is 13.8 Å². The molecule has 0 aromatic rings. The van der Waals surface area contributed by atoms with Gasteiger partial charge in [-0.15, -0.1) is 23.2 Å². The van der Waals surface area contributed by atoms with E-state index in [1.165, 1.54) is 0 Å². The van der Waals surface area contributed by atoms with Crippen molar-refractivity contribution in [3.8, 4) is 0 Å². The molecular formula is C4H6Cl2. The zero-order chi connectivity index (χ0) is 5.15. The molecule has 0 saturated heterocycles. The van der Waals surface area contributed by atoms with E-state index >= 15 is 0 Å². The van der Waals surface area contributed by atoms with Crippen molar-refractivity contribution in [2.45, 2.75) is 10.8 Å². The Labute approximate surface area is 48.4 Å². The second-order valence-electron chi connectivity index (χ2n) is 1.03. The predicted molar refractivity (Wildman–Crippen MR) is 30.0 cm³/mol. The monoisotopic (exact) mass is 124 g/mol. The molecule has 0 bridgehead atoms. The Morgan fingerprint density at radius 1 is 1.00 bits per heavy atom. The van der Waals surface area contributed by atoms with E-state index in [1.54, 1.807) is 0 Å². The van der Waals surface area contributed by atoms with Gasteiger partial charge >= 0.3 is 0 Å². The van der Waals surface area contributed by atoms with Crippen molar-refractivity contribution in [2.24, 2.45) is 0 Å². The number of hydrogen-bond acceptors (Lipinski definition) is 0. The molecule has 0 nitrogen and oxygen atoms in total. The molecule has 0 amide bonds. The number of rotatable bonds is 1. The lowest BCUT2D eigenvalue weighted by atomic mass is 10.4. The van der Waals surface area contributed by atoms with Crippen molar-refractivity contribution in [3.63, 3.8) is 0 Å². The molecule has 36 valence electrons. The standard InChI is InChI=1S/C4H6Cl2/c1-3(5)4(2)6/h3-4H,1-2H2. The third-order valence-corrected chi connectivity index (χ3v) is 1.13. The minimum Gasteiger partial charge on any atom is -0.121 e. The summed E-state index contributed by atoms with van der Waals surface area (Å²) in [6, 6.07) is 0. The number of halogens is 2. The van der Waals surface area contributed by atoms with E-state index in [-0.39, 0.29) is 10.8 Å². The van der Waals surface area contributed by atoms with Crippen LogP contribution < -0.4 is 0 Å². The zero-order valence-electron chi connectivity index (χ0n) is 3.32. The predicted octanol–water partition coefficient (Wildman–Crippen LogP) is 1.87. The first-order chi connectivity index (χ1) is 2.64. The molecule has 0 saturated carbocycles. The van der Waals surface area contributed by atoms with Gasteiger partial charge in [-0.05, 0) is 13.8 Å².